The Morgan fingerprint density at radius 2 is 2.03 bits per heavy atom. The molecule has 3 N–H and O–H groups in total. The van der Waals surface area contributed by atoms with Crippen LogP contribution in [0.3, 0.4) is 0 Å². The van der Waals surface area contributed by atoms with Crippen LogP contribution in [0.25, 0.3) is 22.3 Å². The summed E-state index contributed by atoms with van der Waals surface area (Å²) < 4.78 is 33.8. The molecule has 35 heavy (non-hydrogen) atoms. The summed E-state index contributed by atoms with van der Waals surface area (Å²) in [5, 5.41) is 16.4. The average molecular weight is 479 g/mol. The van der Waals surface area contributed by atoms with Crippen LogP contribution in [-0.4, -0.2) is 64.4 Å². The molecule has 180 valence electrons. The van der Waals surface area contributed by atoms with Crippen LogP contribution in [-0.2, 0) is 0 Å². The van der Waals surface area contributed by atoms with Gasteiger partial charge in [0, 0.05) is 37.4 Å². The van der Waals surface area contributed by atoms with Crippen molar-refractivity contribution in [1.29, 1.82) is 0 Å². The number of benzene rings is 1. The lowest BCUT2D eigenvalue weighted by Gasteiger charge is -2.34. The second kappa shape index (κ2) is 9.72. The van der Waals surface area contributed by atoms with E-state index in [1.165, 1.54) is 24.4 Å². The molecule has 0 saturated carbocycles. The Bertz CT molecular complexity index is 1350. The molecular weight excluding hydrogens is 456 g/mol. The molecule has 1 aromatic carbocycles. The zero-order valence-corrected chi connectivity index (χ0v) is 18.9. The van der Waals surface area contributed by atoms with Gasteiger partial charge in [-0.3, -0.25) is 4.98 Å². The topological polar surface area (TPSA) is 108 Å². The minimum absolute atomic E-state index is 0.00292. The lowest BCUT2D eigenvalue weighted by atomic mass is 10.1. The molecular formula is C24H23F2N7O2. The molecule has 9 nitrogen and oxygen atoms in total. The number of rotatable bonds is 6. The summed E-state index contributed by atoms with van der Waals surface area (Å²) in [4.78, 5) is 20.0. The number of aliphatic hydroxyl groups excluding tert-OH is 1. The van der Waals surface area contributed by atoms with Crippen LogP contribution in [0, 0.1) is 11.6 Å². The van der Waals surface area contributed by atoms with E-state index in [1.54, 1.807) is 31.6 Å². The van der Waals surface area contributed by atoms with Gasteiger partial charge in [-0.05, 0) is 24.3 Å². The first-order chi connectivity index (χ1) is 17.1. The second-order valence-corrected chi connectivity index (χ2v) is 8.04. The van der Waals surface area contributed by atoms with Crippen molar-refractivity contribution in [2.45, 2.75) is 6.04 Å². The van der Waals surface area contributed by atoms with Gasteiger partial charge in [-0.2, -0.15) is 0 Å². The third-order valence-corrected chi connectivity index (χ3v) is 5.78. The van der Waals surface area contributed by atoms with Gasteiger partial charge in [0.25, 0.3) is 0 Å². The minimum atomic E-state index is -0.725. The smallest absolute Gasteiger partial charge is 0.162 e. The number of halogens is 2. The van der Waals surface area contributed by atoms with Crippen molar-refractivity contribution < 1.29 is 18.6 Å². The number of pyridine rings is 2. The molecule has 1 saturated heterocycles. The van der Waals surface area contributed by atoms with E-state index < -0.39 is 11.6 Å². The molecule has 4 heterocycles. The number of aliphatic hydroxyl groups is 1. The van der Waals surface area contributed by atoms with Crippen molar-refractivity contribution in [3.05, 3.63) is 60.6 Å². The Morgan fingerprint density at radius 1 is 1.20 bits per heavy atom. The number of nitrogens with zero attached hydrogens (tertiary/aromatic N) is 5. The molecule has 1 aliphatic rings. The maximum Gasteiger partial charge on any atom is 0.162 e. The zero-order chi connectivity index (χ0) is 24.4. The van der Waals surface area contributed by atoms with Gasteiger partial charge >= 0.3 is 0 Å². The van der Waals surface area contributed by atoms with Crippen molar-refractivity contribution in [3.8, 4) is 17.1 Å². The van der Waals surface area contributed by atoms with E-state index in [4.69, 9.17) is 9.72 Å². The maximum atomic E-state index is 14.1. The number of para-hydroxylation sites is 1. The van der Waals surface area contributed by atoms with E-state index in [0.717, 1.165) is 0 Å². The molecule has 3 aromatic heterocycles. The van der Waals surface area contributed by atoms with Crippen LogP contribution < -0.4 is 20.3 Å². The Kier molecular flexibility index (Phi) is 6.34. The molecule has 11 heteroatoms. The van der Waals surface area contributed by atoms with Crippen LogP contribution in [0.2, 0.25) is 0 Å². The molecule has 5 rings (SSSR count). The molecule has 4 aromatic rings. The highest BCUT2D eigenvalue weighted by molar-refractivity contribution is 5.95. The second-order valence-electron chi connectivity index (χ2n) is 8.04. The number of anilines is 3. The average Bonchev–Trinajstić information content (AvgIpc) is 2.90. The van der Waals surface area contributed by atoms with Crippen molar-refractivity contribution in [2.24, 2.45) is 0 Å². The van der Waals surface area contributed by atoms with Crippen LogP contribution >= 0.6 is 0 Å². The highest BCUT2D eigenvalue weighted by atomic mass is 19.1. The highest BCUT2D eigenvalue weighted by Gasteiger charge is 2.24. The fourth-order valence-electron chi connectivity index (χ4n) is 4.07. The standard InChI is InChI=1S/C24H23F2N7O2/c1-35-19-11-27-10-18-21(19)24(33-8-7-28-15(12-33)13-34)32-23(30-18)14-5-6-29-20(9-14)31-22-16(25)3-2-4-17(22)26/h2-6,9-11,15,28,34H,7-8,12-13H2,1H3,(H,29,31)/t15-/m1/s1. The third kappa shape index (κ3) is 4.55. The summed E-state index contributed by atoms with van der Waals surface area (Å²) in [6.45, 7) is 1.89. The number of hydrogen-bond donors (Lipinski definition) is 3. The number of aromatic nitrogens is 4. The molecule has 0 aliphatic carbocycles. The quantitative estimate of drug-likeness (QED) is 0.385. The van der Waals surface area contributed by atoms with Crippen LogP contribution in [0.4, 0.5) is 26.1 Å². The molecule has 0 bridgehead atoms. The first-order valence-corrected chi connectivity index (χ1v) is 11.0. The Hall–Kier alpha value is -3.96. The predicted molar refractivity (Wildman–Crippen MR) is 128 cm³/mol. The van der Waals surface area contributed by atoms with E-state index in [9.17, 15) is 13.9 Å². The van der Waals surface area contributed by atoms with Crippen molar-refractivity contribution in [3.63, 3.8) is 0 Å². The van der Waals surface area contributed by atoms with Gasteiger partial charge in [-0.15, -0.1) is 0 Å². The summed E-state index contributed by atoms with van der Waals surface area (Å²) in [5.41, 5.74) is 0.885. The van der Waals surface area contributed by atoms with Crippen LogP contribution in [0.1, 0.15) is 0 Å². The Morgan fingerprint density at radius 3 is 2.80 bits per heavy atom. The largest absolute Gasteiger partial charge is 0.494 e. The lowest BCUT2D eigenvalue weighted by Crippen LogP contribution is -2.52. The molecule has 1 aliphatic heterocycles. The van der Waals surface area contributed by atoms with E-state index in [0.29, 0.717) is 53.5 Å². The van der Waals surface area contributed by atoms with Crippen molar-refractivity contribution >= 4 is 28.2 Å². The van der Waals surface area contributed by atoms with E-state index in [-0.39, 0.29) is 24.2 Å². The first-order valence-electron chi connectivity index (χ1n) is 11.0. The summed E-state index contributed by atoms with van der Waals surface area (Å²) in [6, 6.07) is 6.87. The third-order valence-electron chi connectivity index (χ3n) is 5.78. The fraction of sp³-hybridized carbons (Fsp3) is 0.250. The maximum absolute atomic E-state index is 14.1. The molecule has 0 spiro atoms. The molecule has 1 fully saturated rings. The minimum Gasteiger partial charge on any atom is -0.494 e. The van der Waals surface area contributed by atoms with Crippen LogP contribution in [0.15, 0.2) is 48.9 Å². The summed E-state index contributed by atoms with van der Waals surface area (Å²) >= 11 is 0. The van der Waals surface area contributed by atoms with Gasteiger partial charge in [-0.25, -0.2) is 23.7 Å². The Labute approximate surface area is 199 Å². The predicted octanol–water partition coefficient (Wildman–Crippen LogP) is 2.89. The fourth-order valence-corrected chi connectivity index (χ4v) is 4.07. The van der Waals surface area contributed by atoms with Crippen LogP contribution in [0.5, 0.6) is 5.75 Å². The Balaban J connectivity index is 1.59. The van der Waals surface area contributed by atoms with Gasteiger partial charge < -0.3 is 25.4 Å². The molecule has 0 amide bonds. The van der Waals surface area contributed by atoms with Gasteiger partial charge in [0.2, 0.25) is 0 Å². The van der Waals surface area contributed by atoms with Crippen molar-refractivity contribution in [2.75, 3.05) is 43.6 Å². The normalized spacial score (nSPS) is 15.9. The van der Waals surface area contributed by atoms with E-state index in [1.807, 2.05) is 0 Å². The molecule has 1 atom stereocenters. The van der Waals surface area contributed by atoms with Gasteiger partial charge in [0.1, 0.15) is 34.7 Å². The summed E-state index contributed by atoms with van der Waals surface area (Å²) in [6.07, 6.45) is 4.76. The van der Waals surface area contributed by atoms with E-state index in [2.05, 4.69) is 30.5 Å². The summed E-state index contributed by atoms with van der Waals surface area (Å²) in [5.74, 6) is 0.364. The number of methoxy groups -OCH3 is 1. The molecule has 0 unspecified atom stereocenters. The van der Waals surface area contributed by atoms with Gasteiger partial charge in [-0.1, -0.05) is 6.07 Å². The number of piperazine rings is 1. The summed E-state index contributed by atoms with van der Waals surface area (Å²) in [7, 11) is 1.56. The number of ether oxygens (including phenoxy) is 1. The number of hydrogen-bond acceptors (Lipinski definition) is 9. The lowest BCUT2D eigenvalue weighted by molar-refractivity contribution is 0.235. The van der Waals surface area contributed by atoms with Gasteiger partial charge in [0.05, 0.1) is 37.0 Å². The van der Waals surface area contributed by atoms with Gasteiger partial charge in [0.15, 0.2) is 5.82 Å². The number of nitrogens with one attached hydrogen (secondary N) is 2. The first kappa shape index (κ1) is 22.8. The zero-order valence-electron chi connectivity index (χ0n) is 18.9. The highest BCUT2D eigenvalue weighted by Crippen LogP contribution is 2.34. The molecule has 0 radical (unpaired) electrons. The van der Waals surface area contributed by atoms with Crippen molar-refractivity contribution in [1.82, 2.24) is 25.3 Å². The monoisotopic (exact) mass is 479 g/mol. The number of fused-ring (bicyclic) bond motifs is 1. The SMILES string of the molecule is COc1cncc2nc(-c3ccnc(Nc4c(F)cccc4F)c3)nc(N3CCN[C@@H](CO)C3)c12. The van der Waals surface area contributed by atoms with E-state index >= 15 is 0 Å².